The number of rotatable bonds is 6. The first-order valence-electron chi connectivity index (χ1n) is 25.6. The first-order chi connectivity index (χ1) is 37.2. The first kappa shape index (κ1) is 40.4. The SMILES string of the molecule is c1ccc(-c2nc(-c3ccccc3)nc(-c3cccc(-n4c5ccc(-c6ccc7c(c6)c6cccc8c9ccccc9n7c86)cc5c5cc(-c6cc7c8ccccc8n8c9ccccc9c(c6)c78)ccc54)c3)n2)cc1. The highest BCUT2D eigenvalue weighted by atomic mass is 15.0. The maximum Gasteiger partial charge on any atom is 0.164 e. The average molecular weight is 953 g/mol. The minimum Gasteiger partial charge on any atom is -0.309 e. The Kier molecular flexibility index (Phi) is 8.18. The van der Waals surface area contributed by atoms with E-state index in [2.05, 4.69) is 220 Å². The van der Waals surface area contributed by atoms with Gasteiger partial charge >= 0.3 is 0 Å². The van der Waals surface area contributed by atoms with Crippen molar-refractivity contribution in [2.24, 2.45) is 0 Å². The minimum atomic E-state index is 0.619. The second kappa shape index (κ2) is 15.2. The smallest absolute Gasteiger partial charge is 0.164 e. The largest absolute Gasteiger partial charge is 0.309 e. The van der Waals surface area contributed by atoms with E-state index in [1.807, 2.05) is 36.4 Å². The van der Waals surface area contributed by atoms with E-state index in [1.54, 1.807) is 0 Å². The van der Waals surface area contributed by atoms with Crippen LogP contribution < -0.4 is 0 Å². The van der Waals surface area contributed by atoms with Crippen LogP contribution in [-0.4, -0.2) is 28.3 Å². The third-order valence-electron chi connectivity index (χ3n) is 15.9. The molecule has 6 heteroatoms. The van der Waals surface area contributed by atoms with Gasteiger partial charge in [0.2, 0.25) is 0 Å². The van der Waals surface area contributed by atoms with Gasteiger partial charge in [0.15, 0.2) is 17.5 Å². The summed E-state index contributed by atoms with van der Waals surface area (Å²) >= 11 is 0. The molecule has 0 saturated heterocycles. The van der Waals surface area contributed by atoms with E-state index < -0.39 is 0 Å². The maximum atomic E-state index is 5.13. The number of nitrogens with zero attached hydrogens (tertiary/aromatic N) is 6. The Morgan fingerprint density at radius 3 is 1.12 bits per heavy atom. The predicted octanol–water partition coefficient (Wildman–Crippen LogP) is 17.6. The highest BCUT2D eigenvalue weighted by Gasteiger charge is 2.22. The summed E-state index contributed by atoms with van der Waals surface area (Å²) in [6.45, 7) is 0. The van der Waals surface area contributed by atoms with Gasteiger partial charge in [0.1, 0.15) is 0 Å². The number of para-hydroxylation sites is 4. The second-order valence-electron chi connectivity index (χ2n) is 20.0. The molecule has 6 aromatic heterocycles. The van der Waals surface area contributed by atoms with Gasteiger partial charge in [-0.1, -0.05) is 164 Å². The lowest BCUT2D eigenvalue weighted by molar-refractivity contribution is 1.07. The molecule has 0 aliphatic carbocycles. The molecule has 0 saturated carbocycles. The molecular weight excluding hydrogens is 913 g/mol. The van der Waals surface area contributed by atoms with Crippen molar-refractivity contribution in [3.63, 3.8) is 0 Å². The number of hydrogen-bond acceptors (Lipinski definition) is 3. The number of aromatic nitrogens is 6. The van der Waals surface area contributed by atoms with Crippen LogP contribution in [0.25, 0.3) is 160 Å². The monoisotopic (exact) mass is 952 g/mol. The van der Waals surface area contributed by atoms with Crippen molar-refractivity contribution < 1.29 is 0 Å². The van der Waals surface area contributed by atoms with Gasteiger partial charge in [0.05, 0.1) is 44.1 Å². The third kappa shape index (κ3) is 5.76. The van der Waals surface area contributed by atoms with Crippen LogP contribution in [0, 0.1) is 0 Å². The maximum absolute atomic E-state index is 5.13. The zero-order valence-corrected chi connectivity index (χ0v) is 40.3. The van der Waals surface area contributed by atoms with Crippen LogP contribution in [0.2, 0.25) is 0 Å². The van der Waals surface area contributed by atoms with E-state index in [9.17, 15) is 0 Å². The number of benzene rings is 11. The van der Waals surface area contributed by atoms with Crippen LogP contribution in [-0.2, 0) is 0 Å². The van der Waals surface area contributed by atoms with Gasteiger partial charge in [-0.3, -0.25) is 0 Å². The van der Waals surface area contributed by atoms with Gasteiger partial charge in [-0.2, -0.15) is 0 Å². The highest BCUT2D eigenvalue weighted by molar-refractivity contribution is 6.26. The molecule has 75 heavy (non-hydrogen) atoms. The molecule has 0 radical (unpaired) electrons. The number of hydrogen-bond donors (Lipinski definition) is 0. The molecular formula is C69H40N6. The Hall–Kier alpha value is -10.2. The first-order valence-corrected chi connectivity index (χ1v) is 25.6. The molecule has 0 unspecified atom stereocenters. The van der Waals surface area contributed by atoms with Gasteiger partial charge < -0.3 is 13.4 Å². The zero-order valence-electron chi connectivity index (χ0n) is 40.3. The van der Waals surface area contributed by atoms with Crippen molar-refractivity contribution >= 4 is 98.0 Å². The van der Waals surface area contributed by atoms with E-state index in [-0.39, 0.29) is 0 Å². The summed E-state index contributed by atoms with van der Waals surface area (Å²) in [4.78, 5) is 15.3. The third-order valence-corrected chi connectivity index (χ3v) is 15.9. The Balaban J connectivity index is 0.884. The summed E-state index contributed by atoms with van der Waals surface area (Å²) in [7, 11) is 0. The van der Waals surface area contributed by atoms with Crippen molar-refractivity contribution in [2.45, 2.75) is 0 Å². The summed E-state index contributed by atoms with van der Waals surface area (Å²) in [5, 5.41) is 12.6. The normalized spacial score (nSPS) is 12.3. The van der Waals surface area contributed by atoms with Gasteiger partial charge in [-0.25, -0.2) is 15.0 Å². The van der Waals surface area contributed by atoms with Crippen molar-refractivity contribution in [3.8, 4) is 62.1 Å². The van der Waals surface area contributed by atoms with Crippen LogP contribution in [0.15, 0.2) is 243 Å². The standard InChI is InChI=1S/C69H40N6/c1-3-15-41(16-4-1)67-70-68(42-17-5-2-6-18-42)72-69(71-67)46-19-13-20-48(35-46)73-62-32-29-44(43-30-34-64-54(36-43)53-25-14-24-52-49-21-7-10-26-59(49)75(64)65(52)53)37-55(62)56-38-45(31-33-63(56)73)47-39-57-50-22-8-11-27-60(50)74-61-28-12-9-23-51(61)58(40-47)66(57)74/h1-40H. The fourth-order valence-corrected chi connectivity index (χ4v) is 12.6. The molecule has 17 aromatic rings. The molecule has 0 aliphatic rings. The molecule has 0 amide bonds. The van der Waals surface area contributed by atoms with Crippen LogP contribution in [0.3, 0.4) is 0 Å². The molecule has 17 rings (SSSR count). The van der Waals surface area contributed by atoms with Gasteiger partial charge in [-0.15, -0.1) is 0 Å². The van der Waals surface area contributed by atoms with E-state index in [0.717, 1.165) is 33.4 Å². The lowest BCUT2D eigenvalue weighted by atomic mass is 9.97. The summed E-state index contributed by atoms with van der Waals surface area (Å²) < 4.78 is 7.31. The summed E-state index contributed by atoms with van der Waals surface area (Å²) in [6, 6.07) is 88.0. The van der Waals surface area contributed by atoms with Crippen LogP contribution >= 0.6 is 0 Å². The Morgan fingerprint density at radius 1 is 0.213 bits per heavy atom. The fourth-order valence-electron chi connectivity index (χ4n) is 12.6. The van der Waals surface area contributed by atoms with Crippen molar-refractivity contribution in [1.29, 1.82) is 0 Å². The van der Waals surface area contributed by atoms with Crippen LogP contribution in [0.4, 0.5) is 0 Å². The topological polar surface area (TPSA) is 52.4 Å². The molecule has 0 aliphatic heterocycles. The fraction of sp³-hybridized carbons (Fsp3) is 0. The average Bonchev–Trinajstić information content (AvgIpc) is 4.29. The minimum absolute atomic E-state index is 0.619. The quantitative estimate of drug-likeness (QED) is 0.167. The van der Waals surface area contributed by atoms with Crippen molar-refractivity contribution in [3.05, 3.63) is 243 Å². The molecule has 346 valence electrons. The second-order valence-corrected chi connectivity index (χ2v) is 20.0. The molecule has 0 atom stereocenters. The Bertz CT molecular complexity index is 5040. The van der Waals surface area contributed by atoms with Crippen molar-refractivity contribution in [1.82, 2.24) is 28.3 Å². The summed E-state index contributed by atoms with van der Waals surface area (Å²) in [5.41, 5.74) is 18.3. The summed E-state index contributed by atoms with van der Waals surface area (Å²) in [6.07, 6.45) is 0. The lowest BCUT2D eigenvalue weighted by Gasteiger charge is -2.12. The molecule has 11 aromatic carbocycles. The van der Waals surface area contributed by atoms with E-state index >= 15 is 0 Å². The highest BCUT2D eigenvalue weighted by Crippen LogP contribution is 2.45. The van der Waals surface area contributed by atoms with Crippen LogP contribution in [0.1, 0.15) is 0 Å². The van der Waals surface area contributed by atoms with E-state index in [1.165, 1.54) is 109 Å². The number of fused-ring (bicyclic) bond motifs is 15. The van der Waals surface area contributed by atoms with Gasteiger partial charge in [-0.05, 0) is 101 Å². The summed E-state index contributed by atoms with van der Waals surface area (Å²) in [5.74, 6) is 1.89. The van der Waals surface area contributed by atoms with Gasteiger partial charge in [0.25, 0.3) is 0 Å². The lowest BCUT2D eigenvalue weighted by Crippen LogP contribution is -2.01. The Morgan fingerprint density at radius 2 is 0.573 bits per heavy atom. The molecule has 0 bridgehead atoms. The molecule has 0 N–H and O–H groups in total. The van der Waals surface area contributed by atoms with E-state index in [4.69, 9.17) is 15.0 Å². The molecule has 6 heterocycles. The molecule has 0 spiro atoms. The van der Waals surface area contributed by atoms with E-state index in [0.29, 0.717) is 17.5 Å². The van der Waals surface area contributed by atoms with Crippen molar-refractivity contribution in [2.75, 3.05) is 0 Å². The predicted molar refractivity (Wildman–Crippen MR) is 311 cm³/mol. The Labute approximate surface area is 428 Å². The zero-order chi connectivity index (χ0) is 48.9. The van der Waals surface area contributed by atoms with Crippen LogP contribution in [0.5, 0.6) is 0 Å². The van der Waals surface area contributed by atoms with Gasteiger partial charge in [0, 0.05) is 76.2 Å². The molecule has 6 nitrogen and oxygen atoms in total. The molecule has 0 fully saturated rings.